The molecule has 2 aromatic rings. The standard InChI is InChI=1S/C18H18F6N6O/c1-9(18(22,23)24)27-16-29-14(11-5-6-17(20,21)13(31)12(11)19)28-15(30-16)26-8-10-4-2-3-7-25-10/h2-4,7,9,13,31H,5-6,8H2,1H3,(H2,26,27,28,29,30)/t9-,13?/m1/s1. The molecule has 3 rings (SSSR count). The van der Waals surface area contributed by atoms with E-state index >= 15 is 0 Å². The summed E-state index contributed by atoms with van der Waals surface area (Å²) in [7, 11) is 0. The van der Waals surface area contributed by atoms with Crippen LogP contribution in [0.2, 0.25) is 0 Å². The number of alkyl halides is 5. The molecule has 1 aliphatic rings. The monoisotopic (exact) mass is 448 g/mol. The first-order chi connectivity index (χ1) is 14.5. The Labute approximate surface area is 172 Å². The zero-order chi connectivity index (χ0) is 22.8. The molecule has 0 amide bonds. The zero-order valence-electron chi connectivity index (χ0n) is 16.1. The van der Waals surface area contributed by atoms with Crippen LogP contribution in [0.3, 0.4) is 0 Å². The minimum atomic E-state index is -4.62. The number of aliphatic hydroxyl groups is 1. The Kier molecular flexibility index (Phi) is 6.34. The van der Waals surface area contributed by atoms with E-state index in [0.29, 0.717) is 5.69 Å². The normalized spacial score (nSPS) is 19.8. The van der Waals surface area contributed by atoms with E-state index in [-0.39, 0.29) is 12.5 Å². The summed E-state index contributed by atoms with van der Waals surface area (Å²) in [4.78, 5) is 15.6. The Hall–Kier alpha value is -2.96. The lowest BCUT2D eigenvalue weighted by molar-refractivity contribution is -0.138. The van der Waals surface area contributed by atoms with Crippen LogP contribution in [-0.4, -0.2) is 49.3 Å². The molecule has 0 bridgehead atoms. The van der Waals surface area contributed by atoms with Gasteiger partial charge in [-0.15, -0.1) is 0 Å². The molecule has 0 aromatic carbocycles. The van der Waals surface area contributed by atoms with Crippen LogP contribution in [0.1, 0.15) is 31.3 Å². The summed E-state index contributed by atoms with van der Waals surface area (Å²) < 4.78 is 80.3. The molecule has 168 valence electrons. The first kappa shape index (κ1) is 22.7. The second-order valence-electron chi connectivity index (χ2n) is 6.88. The largest absolute Gasteiger partial charge is 0.408 e. The van der Waals surface area contributed by atoms with Gasteiger partial charge in [0, 0.05) is 18.2 Å². The van der Waals surface area contributed by atoms with Crippen molar-refractivity contribution in [3.05, 3.63) is 41.7 Å². The van der Waals surface area contributed by atoms with Gasteiger partial charge in [-0.25, -0.2) is 13.2 Å². The van der Waals surface area contributed by atoms with Crippen LogP contribution in [0.5, 0.6) is 0 Å². The fraction of sp³-hybridized carbons (Fsp3) is 0.444. The van der Waals surface area contributed by atoms with Crippen molar-refractivity contribution >= 4 is 17.5 Å². The molecule has 0 spiro atoms. The Morgan fingerprint density at radius 2 is 1.90 bits per heavy atom. The van der Waals surface area contributed by atoms with Crippen LogP contribution in [0.25, 0.3) is 5.57 Å². The van der Waals surface area contributed by atoms with Crippen molar-refractivity contribution in [2.45, 2.75) is 50.6 Å². The van der Waals surface area contributed by atoms with Crippen LogP contribution in [0.4, 0.5) is 38.2 Å². The van der Waals surface area contributed by atoms with Gasteiger partial charge in [-0.2, -0.15) is 28.1 Å². The zero-order valence-corrected chi connectivity index (χ0v) is 16.1. The number of nitrogens with zero attached hydrogens (tertiary/aromatic N) is 4. The van der Waals surface area contributed by atoms with Gasteiger partial charge in [0.05, 0.1) is 12.2 Å². The molecule has 0 fully saturated rings. The van der Waals surface area contributed by atoms with Crippen LogP contribution in [0, 0.1) is 0 Å². The van der Waals surface area contributed by atoms with Crippen molar-refractivity contribution in [1.82, 2.24) is 19.9 Å². The molecule has 1 aliphatic carbocycles. The molecule has 31 heavy (non-hydrogen) atoms. The number of hydrogen-bond donors (Lipinski definition) is 3. The van der Waals surface area contributed by atoms with Crippen LogP contribution in [-0.2, 0) is 6.54 Å². The quantitative estimate of drug-likeness (QED) is 0.580. The number of nitrogens with one attached hydrogen (secondary N) is 2. The molecular weight excluding hydrogens is 430 g/mol. The van der Waals surface area contributed by atoms with Crippen molar-refractivity contribution in [1.29, 1.82) is 0 Å². The number of hydrogen-bond acceptors (Lipinski definition) is 7. The van der Waals surface area contributed by atoms with Crippen molar-refractivity contribution in [3.63, 3.8) is 0 Å². The molecule has 0 radical (unpaired) electrons. The molecule has 1 unspecified atom stereocenters. The number of anilines is 2. The van der Waals surface area contributed by atoms with E-state index in [0.717, 1.165) is 6.92 Å². The Bertz CT molecular complexity index is 952. The summed E-state index contributed by atoms with van der Waals surface area (Å²) in [5, 5.41) is 14.3. The van der Waals surface area contributed by atoms with Crippen molar-refractivity contribution in [3.8, 4) is 0 Å². The summed E-state index contributed by atoms with van der Waals surface area (Å²) in [6.07, 6.45) is -7.18. The van der Waals surface area contributed by atoms with Gasteiger partial charge in [0.1, 0.15) is 11.9 Å². The third kappa shape index (κ3) is 5.40. The van der Waals surface area contributed by atoms with Gasteiger partial charge in [0.25, 0.3) is 5.92 Å². The predicted octanol–water partition coefficient (Wildman–Crippen LogP) is 3.71. The van der Waals surface area contributed by atoms with E-state index in [1.807, 2.05) is 5.32 Å². The third-order valence-electron chi connectivity index (χ3n) is 4.53. The molecule has 7 nitrogen and oxygen atoms in total. The highest BCUT2D eigenvalue weighted by molar-refractivity contribution is 5.66. The molecule has 2 heterocycles. The summed E-state index contributed by atoms with van der Waals surface area (Å²) in [6.45, 7) is 0.913. The third-order valence-corrected chi connectivity index (χ3v) is 4.53. The van der Waals surface area contributed by atoms with Crippen LogP contribution >= 0.6 is 0 Å². The Morgan fingerprint density at radius 3 is 2.55 bits per heavy atom. The lowest BCUT2D eigenvalue weighted by Gasteiger charge is -2.27. The highest BCUT2D eigenvalue weighted by atomic mass is 19.4. The van der Waals surface area contributed by atoms with Crippen molar-refractivity contribution in [2.75, 3.05) is 10.6 Å². The number of allylic oxidation sites excluding steroid dienone is 1. The van der Waals surface area contributed by atoms with Crippen molar-refractivity contribution in [2.24, 2.45) is 0 Å². The molecule has 2 aromatic heterocycles. The fourth-order valence-electron chi connectivity index (χ4n) is 2.72. The predicted molar refractivity (Wildman–Crippen MR) is 98.7 cm³/mol. The van der Waals surface area contributed by atoms with Gasteiger partial charge in [0.15, 0.2) is 11.9 Å². The van der Waals surface area contributed by atoms with E-state index in [1.165, 1.54) is 6.20 Å². The van der Waals surface area contributed by atoms with Crippen molar-refractivity contribution < 1.29 is 31.4 Å². The van der Waals surface area contributed by atoms with Gasteiger partial charge in [0.2, 0.25) is 11.9 Å². The smallest absolute Gasteiger partial charge is 0.380 e. The van der Waals surface area contributed by atoms with Gasteiger partial charge >= 0.3 is 6.18 Å². The highest BCUT2D eigenvalue weighted by Gasteiger charge is 2.46. The molecule has 0 aliphatic heterocycles. The molecular formula is C18H18F6N6O. The van der Waals surface area contributed by atoms with E-state index in [9.17, 15) is 31.4 Å². The molecule has 0 saturated carbocycles. The number of aromatic nitrogens is 4. The number of aliphatic hydroxyl groups excluding tert-OH is 1. The SMILES string of the molecule is C[C@@H](Nc1nc(NCc2ccccn2)nc(C2=C(F)C(O)C(F)(F)CC2)n1)C(F)(F)F. The van der Waals surface area contributed by atoms with Gasteiger partial charge < -0.3 is 15.7 Å². The average molecular weight is 448 g/mol. The highest BCUT2D eigenvalue weighted by Crippen LogP contribution is 2.41. The topological polar surface area (TPSA) is 95.9 Å². The maximum Gasteiger partial charge on any atom is 0.408 e. The summed E-state index contributed by atoms with van der Waals surface area (Å²) in [6, 6.07) is 3.02. The van der Waals surface area contributed by atoms with Gasteiger partial charge in [-0.05, 0) is 25.5 Å². The lowest BCUT2D eigenvalue weighted by Crippen LogP contribution is -2.37. The molecule has 3 N–H and O–H groups in total. The summed E-state index contributed by atoms with van der Waals surface area (Å²) in [5.41, 5.74) is 0.130. The Balaban J connectivity index is 1.95. The van der Waals surface area contributed by atoms with Crippen LogP contribution in [0.15, 0.2) is 30.2 Å². The second kappa shape index (κ2) is 8.65. The maximum atomic E-state index is 14.4. The lowest BCUT2D eigenvalue weighted by atomic mass is 9.92. The molecule has 0 saturated heterocycles. The first-order valence-corrected chi connectivity index (χ1v) is 9.15. The minimum Gasteiger partial charge on any atom is -0.380 e. The van der Waals surface area contributed by atoms with Gasteiger partial charge in [-0.3, -0.25) is 4.98 Å². The Morgan fingerprint density at radius 1 is 1.19 bits per heavy atom. The average Bonchev–Trinajstić information content (AvgIpc) is 2.70. The minimum absolute atomic E-state index is 0.0841. The maximum absolute atomic E-state index is 14.4. The molecule has 13 heteroatoms. The van der Waals surface area contributed by atoms with E-state index in [2.05, 4.69) is 25.3 Å². The number of rotatable bonds is 6. The summed E-state index contributed by atoms with van der Waals surface area (Å²) in [5.74, 6) is -6.42. The summed E-state index contributed by atoms with van der Waals surface area (Å²) >= 11 is 0. The van der Waals surface area contributed by atoms with Gasteiger partial charge in [-0.1, -0.05) is 6.07 Å². The number of halogens is 6. The number of pyridine rings is 1. The second-order valence-corrected chi connectivity index (χ2v) is 6.88. The molecule has 2 atom stereocenters. The van der Waals surface area contributed by atoms with E-state index in [4.69, 9.17) is 0 Å². The van der Waals surface area contributed by atoms with E-state index < -0.39 is 60.3 Å². The first-order valence-electron chi connectivity index (χ1n) is 9.15. The fourth-order valence-corrected chi connectivity index (χ4v) is 2.72. The van der Waals surface area contributed by atoms with E-state index in [1.54, 1.807) is 18.2 Å². The van der Waals surface area contributed by atoms with Crippen LogP contribution < -0.4 is 10.6 Å².